The zero-order valence-electron chi connectivity index (χ0n) is 6.20. The molecule has 0 fully saturated rings. The summed E-state index contributed by atoms with van der Waals surface area (Å²) in [7, 11) is 0. The van der Waals surface area contributed by atoms with Crippen LogP contribution < -0.4 is 0 Å². The normalized spacial score (nSPS) is 9.91. The number of nitrogens with zero attached hydrogens (tertiary/aromatic N) is 1. The molecule has 60 valence electrons. The highest BCUT2D eigenvalue weighted by molar-refractivity contribution is 5.70. The van der Waals surface area contributed by atoms with E-state index in [4.69, 9.17) is 9.63 Å². The first kappa shape index (κ1) is 7.78. The van der Waals surface area contributed by atoms with Gasteiger partial charge >= 0.3 is 5.97 Å². The zero-order chi connectivity index (χ0) is 8.27. The van der Waals surface area contributed by atoms with E-state index in [2.05, 4.69) is 5.16 Å². The lowest BCUT2D eigenvalue weighted by Gasteiger charge is -1.91. The molecule has 0 aliphatic heterocycles. The summed E-state index contributed by atoms with van der Waals surface area (Å²) in [5.41, 5.74) is 0.667. The quantitative estimate of drug-likeness (QED) is 0.703. The number of carboxylic acids is 1. The van der Waals surface area contributed by atoms with Gasteiger partial charge in [0.2, 0.25) is 0 Å². The maximum Gasteiger partial charge on any atom is 0.308 e. The van der Waals surface area contributed by atoms with E-state index in [1.54, 1.807) is 0 Å². The number of aryl methyl sites for hydroxylation is 1. The molecule has 0 unspecified atom stereocenters. The minimum absolute atomic E-state index is 0.00727. The summed E-state index contributed by atoms with van der Waals surface area (Å²) < 4.78 is 4.80. The van der Waals surface area contributed by atoms with Crippen molar-refractivity contribution in [3.8, 4) is 0 Å². The molecule has 0 spiro atoms. The smallest absolute Gasteiger partial charge is 0.308 e. The fourth-order valence-corrected chi connectivity index (χ4v) is 0.883. The molecule has 0 radical (unpaired) electrons. The number of aromatic nitrogens is 1. The van der Waals surface area contributed by atoms with Gasteiger partial charge in [-0.05, 0) is 0 Å². The van der Waals surface area contributed by atoms with Crippen molar-refractivity contribution >= 4 is 5.97 Å². The van der Waals surface area contributed by atoms with Crippen LogP contribution in [0.1, 0.15) is 18.2 Å². The van der Waals surface area contributed by atoms with Crippen LogP contribution in [0.25, 0.3) is 0 Å². The third-order valence-corrected chi connectivity index (χ3v) is 1.39. The molecule has 1 rings (SSSR count). The van der Waals surface area contributed by atoms with E-state index < -0.39 is 5.97 Å². The van der Waals surface area contributed by atoms with Gasteiger partial charge in [0.1, 0.15) is 5.76 Å². The van der Waals surface area contributed by atoms with Gasteiger partial charge in [0, 0.05) is 12.0 Å². The van der Waals surface area contributed by atoms with E-state index in [9.17, 15) is 4.79 Å². The monoisotopic (exact) mass is 155 g/mol. The Bertz CT molecular complexity index is 254. The van der Waals surface area contributed by atoms with Crippen molar-refractivity contribution < 1.29 is 14.4 Å². The molecule has 0 amide bonds. The molecule has 1 N–H and O–H groups in total. The van der Waals surface area contributed by atoms with Crippen molar-refractivity contribution in [2.24, 2.45) is 0 Å². The van der Waals surface area contributed by atoms with Crippen molar-refractivity contribution in [3.63, 3.8) is 0 Å². The standard InChI is InChI=1S/C7H9NO3/c1-2-6-5(3-7(9)10)4-8-11-6/h4H,2-3H2,1H3,(H,9,10). The maximum atomic E-state index is 10.3. The summed E-state index contributed by atoms with van der Waals surface area (Å²) in [4.78, 5) is 10.3. The molecule has 1 aromatic rings. The second-order valence-corrected chi connectivity index (χ2v) is 2.20. The van der Waals surface area contributed by atoms with Crippen molar-refractivity contribution in [2.45, 2.75) is 19.8 Å². The molecule has 0 saturated heterocycles. The highest BCUT2D eigenvalue weighted by atomic mass is 16.5. The summed E-state index contributed by atoms with van der Waals surface area (Å²) in [6.07, 6.45) is 2.13. The number of hydrogen-bond acceptors (Lipinski definition) is 3. The Morgan fingerprint density at radius 1 is 1.82 bits per heavy atom. The van der Waals surface area contributed by atoms with E-state index >= 15 is 0 Å². The fraction of sp³-hybridized carbons (Fsp3) is 0.429. The Morgan fingerprint density at radius 3 is 3.09 bits per heavy atom. The average Bonchev–Trinajstić information content (AvgIpc) is 2.34. The van der Waals surface area contributed by atoms with Crippen molar-refractivity contribution in [2.75, 3.05) is 0 Å². The summed E-state index contributed by atoms with van der Waals surface area (Å²) in [6.45, 7) is 1.89. The average molecular weight is 155 g/mol. The van der Waals surface area contributed by atoms with Crippen LogP contribution in [0.3, 0.4) is 0 Å². The van der Waals surface area contributed by atoms with Gasteiger partial charge in [0.15, 0.2) is 0 Å². The van der Waals surface area contributed by atoms with Gasteiger partial charge in [-0.15, -0.1) is 0 Å². The molecule has 1 heterocycles. The van der Waals surface area contributed by atoms with E-state index in [0.29, 0.717) is 17.7 Å². The molecular weight excluding hydrogens is 146 g/mol. The molecule has 0 aromatic carbocycles. The van der Waals surface area contributed by atoms with Crippen LogP contribution in [0.2, 0.25) is 0 Å². The fourth-order valence-electron chi connectivity index (χ4n) is 0.883. The second-order valence-electron chi connectivity index (χ2n) is 2.20. The Balaban J connectivity index is 2.76. The first-order chi connectivity index (χ1) is 5.24. The highest BCUT2D eigenvalue weighted by Crippen LogP contribution is 2.08. The lowest BCUT2D eigenvalue weighted by atomic mass is 10.2. The molecule has 11 heavy (non-hydrogen) atoms. The Kier molecular flexibility index (Phi) is 2.25. The number of rotatable bonds is 3. The molecule has 0 atom stereocenters. The molecule has 0 bridgehead atoms. The molecule has 1 aromatic heterocycles. The van der Waals surface area contributed by atoms with Gasteiger partial charge < -0.3 is 9.63 Å². The predicted molar refractivity (Wildman–Crippen MR) is 37.2 cm³/mol. The largest absolute Gasteiger partial charge is 0.481 e. The van der Waals surface area contributed by atoms with Crippen LogP contribution >= 0.6 is 0 Å². The lowest BCUT2D eigenvalue weighted by molar-refractivity contribution is -0.136. The second kappa shape index (κ2) is 3.18. The van der Waals surface area contributed by atoms with Gasteiger partial charge in [0.05, 0.1) is 12.6 Å². The van der Waals surface area contributed by atoms with E-state index in [1.807, 2.05) is 6.92 Å². The molecule has 0 aliphatic rings. The molecule has 0 saturated carbocycles. The number of aliphatic carboxylic acids is 1. The Hall–Kier alpha value is -1.32. The minimum atomic E-state index is -0.858. The van der Waals surface area contributed by atoms with Gasteiger partial charge in [-0.1, -0.05) is 12.1 Å². The van der Waals surface area contributed by atoms with Crippen LogP contribution in [0.5, 0.6) is 0 Å². The Labute approximate surface area is 63.8 Å². The van der Waals surface area contributed by atoms with Crippen LogP contribution in [0, 0.1) is 0 Å². The van der Waals surface area contributed by atoms with Gasteiger partial charge in [0.25, 0.3) is 0 Å². The van der Waals surface area contributed by atoms with Crippen LogP contribution in [-0.2, 0) is 17.6 Å². The van der Waals surface area contributed by atoms with E-state index in [-0.39, 0.29) is 6.42 Å². The predicted octanol–water partition coefficient (Wildman–Crippen LogP) is 0.864. The number of hydrogen-bond donors (Lipinski definition) is 1. The summed E-state index contributed by atoms with van der Waals surface area (Å²) >= 11 is 0. The maximum absolute atomic E-state index is 10.3. The van der Waals surface area contributed by atoms with Crippen molar-refractivity contribution in [1.82, 2.24) is 5.16 Å². The number of carbonyl (C=O) groups is 1. The first-order valence-corrected chi connectivity index (χ1v) is 3.38. The Morgan fingerprint density at radius 2 is 2.55 bits per heavy atom. The molecule has 4 heteroatoms. The van der Waals surface area contributed by atoms with Gasteiger partial charge in [-0.2, -0.15) is 0 Å². The van der Waals surface area contributed by atoms with E-state index in [0.717, 1.165) is 0 Å². The van der Waals surface area contributed by atoms with Crippen molar-refractivity contribution in [3.05, 3.63) is 17.5 Å². The minimum Gasteiger partial charge on any atom is -0.481 e. The summed E-state index contributed by atoms with van der Waals surface area (Å²) in [5, 5.41) is 11.9. The van der Waals surface area contributed by atoms with Crippen molar-refractivity contribution in [1.29, 1.82) is 0 Å². The third-order valence-electron chi connectivity index (χ3n) is 1.39. The third kappa shape index (κ3) is 1.80. The highest BCUT2D eigenvalue weighted by Gasteiger charge is 2.08. The summed E-state index contributed by atoms with van der Waals surface area (Å²) in [6, 6.07) is 0. The topological polar surface area (TPSA) is 63.3 Å². The molecular formula is C7H9NO3. The van der Waals surface area contributed by atoms with E-state index in [1.165, 1.54) is 6.20 Å². The number of carboxylic acid groups (broad SMARTS) is 1. The SMILES string of the molecule is CCc1oncc1CC(=O)O. The molecule has 4 nitrogen and oxygen atoms in total. The van der Waals surface area contributed by atoms with Gasteiger partial charge in [-0.25, -0.2) is 0 Å². The van der Waals surface area contributed by atoms with Crippen LogP contribution in [0.15, 0.2) is 10.7 Å². The summed E-state index contributed by atoms with van der Waals surface area (Å²) in [5.74, 6) is -0.199. The molecule has 0 aliphatic carbocycles. The van der Waals surface area contributed by atoms with Crippen LogP contribution in [0.4, 0.5) is 0 Å². The zero-order valence-corrected chi connectivity index (χ0v) is 6.20. The van der Waals surface area contributed by atoms with Gasteiger partial charge in [-0.3, -0.25) is 4.79 Å². The van der Waals surface area contributed by atoms with Crippen LogP contribution in [-0.4, -0.2) is 16.2 Å². The first-order valence-electron chi connectivity index (χ1n) is 3.38. The lowest BCUT2D eigenvalue weighted by Crippen LogP contribution is -2.00.